The molecule has 2 rings (SSSR count). The number of hydrogen-bond acceptors (Lipinski definition) is 3. The second kappa shape index (κ2) is 4.39. The Balaban J connectivity index is 2.61. The van der Waals surface area contributed by atoms with Crippen molar-refractivity contribution in [1.29, 1.82) is 0 Å². The predicted octanol–water partition coefficient (Wildman–Crippen LogP) is 3.66. The first-order valence-corrected chi connectivity index (χ1v) is 6.85. The molecule has 0 fully saturated rings. The van der Waals surface area contributed by atoms with Crippen LogP contribution in [-0.2, 0) is 5.41 Å². The average Bonchev–Trinajstić information content (AvgIpc) is 2.71. The average molecular weight is 248 g/mol. The van der Waals surface area contributed by atoms with Crippen molar-refractivity contribution in [3.63, 3.8) is 0 Å². The number of nitrogens with zero attached hydrogens (tertiary/aromatic N) is 1. The van der Waals surface area contributed by atoms with Crippen LogP contribution in [0, 0.1) is 0 Å². The summed E-state index contributed by atoms with van der Waals surface area (Å²) in [7, 11) is 0. The van der Waals surface area contributed by atoms with Crippen LogP contribution in [0.2, 0.25) is 0 Å². The first-order valence-electron chi connectivity index (χ1n) is 6.03. The fourth-order valence-electron chi connectivity index (χ4n) is 1.82. The molecule has 1 aromatic heterocycles. The molecule has 92 valence electrons. The van der Waals surface area contributed by atoms with Crippen molar-refractivity contribution < 1.29 is 0 Å². The summed E-state index contributed by atoms with van der Waals surface area (Å²) < 4.78 is 1.27. The van der Waals surface area contributed by atoms with E-state index in [1.54, 1.807) is 11.3 Å². The number of hydrogen-bond donors (Lipinski definition) is 1. The minimum atomic E-state index is 0.118. The molecular weight excluding hydrogens is 228 g/mol. The summed E-state index contributed by atoms with van der Waals surface area (Å²) in [4.78, 5) is 4.82. The van der Waals surface area contributed by atoms with Crippen LogP contribution in [0.3, 0.4) is 0 Å². The highest BCUT2D eigenvalue weighted by Crippen LogP contribution is 2.34. The summed E-state index contributed by atoms with van der Waals surface area (Å²) in [6.45, 7) is 9.44. The van der Waals surface area contributed by atoms with Gasteiger partial charge >= 0.3 is 0 Å². The Hall–Kier alpha value is -0.930. The summed E-state index contributed by atoms with van der Waals surface area (Å²) >= 11 is 1.79. The van der Waals surface area contributed by atoms with Crippen molar-refractivity contribution in [2.75, 3.05) is 6.54 Å². The second-order valence-electron chi connectivity index (χ2n) is 5.60. The number of nitrogens with two attached hydrogens (primary N) is 1. The molecule has 2 aromatic rings. The van der Waals surface area contributed by atoms with Crippen LogP contribution in [0.1, 0.15) is 44.2 Å². The third kappa shape index (κ3) is 2.35. The molecule has 2 N–H and O–H groups in total. The zero-order valence-electron chi connectivity index (χ0n) is 10.9. The lowest BCUT2D eigenvalue weighted by molar-refractivity contribution is 0.586. The normalized spacial score (nSPS) is 14.2. The van der Waals surface area contributed by atoms with Crippen molar-refractivity contribution in [2.45, 2.75) is 39.0 Å². The van der Waals surface area contributed by atoms with E-state index in [0.29, 0.717) is 12.5 Å². The molecule has 0 saturated carbocycles. The van der Waals surface area contributed by atoms with Gasteiger partial charge in [0.1, 0.15) is 0 Å². The SMILES string of the molecule is CC(CN)c1cccc2sc(C(C)(C)C)nc12. The van der Waals surface area contributed by atoms with Crippen LogP contribution in [0.4, 0.5) is 0 Å². The van der Waals surface area contributed by atoms with Crippen LogP contribution in [0.25, 0.3) is 10.2 Å². The maximum Gasteiger partial charge on any atom is 0.0992 e. The van der Waals surface area contributed by atoms with E-state index in [2.05, 4.69) is 45.9 Å². The van der Waals surface area contributed by atoms with Crippen molar-refractivity contribution in [1.82, 2.24) is 4.98 Å². The fourth-order valence-corrected chi connectivity index (χ4v) is 2.87. The van der Waals surface area contributed by atoms with Crippen LogP contribution in [0.5, 0.6) is 0 Å². The molecule has 0 saturated heterocycles. The van der Waals surface area contributed by atoms with Crippen molar-refractivity contribution >= 4 is 21.6 Å². The molecule has 0 spiro atoms. The summed E-state index contributed by atoms with van der Waals surface area (Å²) in [6, 6.07) is 6.40. The van der Waals surface area contributed by atoms with Crippen LogP contribution in [-0.4, -0.2) is 11.5 Å². The van der Waals surface area contributed by atoms with Crippen LogP contribution in [0.15, 0.2) is 18.2 Å². The van der Waals surface area contributed by atoms with E-state index in [-0.39, 0.29) is 5.41 Å². The molecule has 1 heterocycles. The van der Waals surface area contributed by atoms with Crippen LogP contribution >= 0.6 is 11.3 Å². The largest absolute Gasteiger partial charge is 0.330 e. The molecule has 0 aliphatic heterocycles. The monoisotopic (exact) mass is 248 g/mol. The molecule has 3 heteroatoms. The summed E-state index contributed by atoms with van der Waals surface area (Å²) in [6.07, 6.45) is 0. The highest BCUT2D eigenvalue weighted by molar-refractivity contribution is 7.18. The molecule has 0 amide bonds. The van der Waals surface area contributed by atoms with Gasteiger partial charge in [0.2, 0.25) is 0 Å². The van der Waals surface area contributed by atoms with E-state index in [4.69, 9.17) is 10.7 Å². The van der Waals surface area contributed by atoms with E-state index in [0.717, 1.165) is 5.52 Å². The minimum Gasteiger partial charge on any atom is -0.330 e. The van der Waals surface area contributed by atoms with Gasteiger partial charge in [0, 0.05) is 5.41 Å². The molecule has 1 atom stereocenters. The summed E-state index contributed by atoms with van der Waals surface area (Å²) in [5.74, 6) is 0.369. The Morgan fingerprint density at radius 1 is 1.35 bits per heavy atom. The molecule has 0 aliphatic carbocycles. The first kappa shape index (κ1) is 12.5. The quantitative estimate of drug-likeness (QED) is 0.881. The molecule has 0 bridgehead atoms. The van der Waals surface area contributed by atoms with E-state index < -0.39 is 0 Å². The van der Waals surface area contributed by atoms with Gasteiger partial charge in [-0.2, -0.15) is 0 Å². The van der Waals surface area contributed by atoms with Gasteiger partial charge in [-0.1, -0.05) is 39.8 Å². The third-order valence-corrected chi connectivity index (χ3v) is 4.42. The van der Waals surface area contributed by atoms with Gasteiger partial charge in [-0.05, 0) is 24.1 Å². The number of thiazole rings is 1. The van der Waals surface area contributed by atoms with Gasteiger partial charge in [0.15, 0.2) is 0 Å². The summed E-state index contributed by atoms with van der Waals surface area (Å²) in [5.41, 5.74) is 8.30. The lowest BCUT2D eigenvalue weighted by Crippen LogP contribution is -2.11. The number of benzene rings is 1. The van der Waals surface area contributed by atoms with Crippen molar-refractivity contribution in [3.8, 4) is 0 Å². The molecule has 0 radical (unpaired) electrons. The molecular formula is C14H20N2S. The number of rotatable bonds is 2. The first-order chi connectivity index (χ1) is 7.93. The van der Waals surface area contributed by atoms with Gasteiger partial charge in [-0.15, -0.1) is 11.3 Å². The smallest absolute Gasteiger partial charge is 0.0992 e. The molecule has 1 unspecified atom stereocenters. The van der Waals surface area contributed by atoms with E-state index in [1.165, 1.54) is 15.3 Å². The Bertz CT molecular complexity index is 522. The number of para-hydroxylation sites is 1. The molecule has 1 aromatic carbocycles. The van der Waals surface area contributed by atoms with E-state index >= 15 is 0 Å². The van der Waals surface area contributed by atoms with E-state index in [9.17, 15) is 0 Å². The lowest BCUT2D eigenvalue weighted by atomic mass is 9.97. The van der Waals surface area contributed by atoms with Gasteiger partial charge in [-0.3, -0.25) is 0 Å². The van der Waals surface area contributed by atoms with Crippen LogP contribution < -0.4 is 5.73 Å². The zero-order chi connectivity index (χ0) is 12.6. The number of fused-ring (bicyclic) bond motifs is 1. The Morgan fingerprint density at radius 3 is 2.65 bits per heavy atom. The van der Waals surface area contributed by atoms with Crippen molar-refractivity contribution in [3.05, 3.63) is 28.8 Å². The Morgan fingerprint density at radius 2 is 2.06 bits per heavy atom. The zero-order valence-corrected chi connectivity index (χ0v) is 11.8. The standard InChI is InChI=1S/C14H20N2S/c1-9(8-15)10-6-5-7-11-12(10)16-13(17-11)14(2,3)4/h5-7,9H,8,15H2,1-4H3. The predicted molar refractivity (Wildman–Crippen MR) is 75.8 cm³/mol. The van der Waals surface area contributed by atoms with Gasteiger partial charge in [0.05, 0.1) is 15.2 Å². The molecule has 0 aliphatic rings. The van der Waals surface area contributed by atoms with Gasteiger partial charge < -0.3 is 5.73 Å². The van der Waals surface area contributed by atoms with E-state index in [1.807, 2.05) is 0 Å². The van der Waals surface area contributed by atoms with Crippen molar-refractivity contribution in [2.24, 2.45) is 5.73 Å². The third-order valence-electron chi connectivity index (χ3n) is 2.98. The second-order valence-corrected chi connectivity index (χ2v) is 6.63. The highest BCUT2D eigenvalue weighted by Gasteiger charge is 2.20. The van der Waals surface area contributed by atoms with Gasteiger partial charge in [-0.25, -0.2) is 4.98 Å². The lowest BCUT2D eigenvalue weighted by Gasteiger charge is -2.13. The Kier molecular flexibility index (Phi) is 3.23. The highest BCUT2D eigenvalue weighted by atomic mass is 32.1. The Labute approximate surface area is 107 Å². The van der Waals surface area contributed by atoms with Gasteiger partial charge in [0.25, 0.3) is 0 Å². The topological polar surface area (TPSA) is 38.9 Å². The summed E-state index contributed by atoms with van der Waals surface area (Å²) in [5, 5.41) is 1.20. The fraction of sp³-hybridized carbons (Fsp3) is 0.500. The minimum absolute atomic E-state index is 0.118. The maximum absolute atomic E-state index is 5.76. The maximum atomic E-state index is 5.76. The molecule has 2 nitrogen and oxygen atoms in total. The number of aromatic nitrogens is 1. The molecule has 17 heavy (non-hydrogen) atoms.